The molecule has 0 spiro atoms. The predicted molar refractivity (Wildman–Crippen MR) is 77.8 cm³/mol. The van der Waals surface area contributed by atoms with Crippen molar-refractivity contribution in [2.24, 2.45) is 0 Å². The van der Waals surface area contributed by atoms with Gasteiger partial charge in [0.25, 0.3) is 0 Å². The average molecular weight is 350 g/mol. The lowest BCUT2D eigenvalue weighted by molar-refractivity contribution is 0.0389. The Hall–Kier alpha value is -1.36. The van der Waals surface area contributed by atoms with Crippen molar-refractivity contribution in [2.75, 3.05) is 0 Å². The molecule has 2 aromatic carbocycles. The van der Waals surface area contributed by atoms with Crippen LogP contribution in [0.25, 0.3) is 0 Å². The smallest absolute Gasteiger partial charge is 0.339 e. The van der Waals surface area contributed by atoms with Crippen LogP contribution in [0.2, 0.25) is 0 Å². The van der Waals surface area contributed by atoms with Crippen molar-refractivity contribution in [3.8, 4) is 0 Å². The van der Waals surface area contributed by atoms with Crippen LogP contribution >= 0.6 is 22.6 Å². The molecule has 1 aliphatic rings. The van der Waals surface area contributed by atoms with Gasteiger partial charge in [-0.3, -0.25) is 0 Å². The first kappa shape index (κ1) is 11.7. The lowest BCUT2D eigenvalue weighted by atomic mass is 9.99. The van der Waals surface area contributed by atoms with Crippen LogP contribution in [0.4, 0.5) is 0 Å². The molecule has 0 fully saturated rings. The van der Waals surface area contributed by atoms with E-state index in [2.05, 4.69) is 34.7 Å². The van der Waals surface area contributed by atoms with Gasteiger partial charge in [0.15, 0.2) is 0 Å². The zero-order valence-electron chi connectivity index (χ0n) is 9.55. The Morgan fingerprint density at radius 2 is 1.67 bits per heavy atom. The van der Waals surface area contributed by atoms with Crippen LogP contribution < -0.4 is 0 Å². The molecule has 0 saturated carbocycles. The third kappa shape index (κ3) is 1.92. The highest BCUT2D eigenvalue weighted by atomic mass is 127. The normalized spacial score (nSPS) is 19.2. The monoisotopic (exact) mass is 350 g/mol. The van der Waals surface area contributed by atoms with Crippen LogP contribution in [0.15, 0.2) is 54.6 Å². The van der Waals surface area contributed by atoms with E-state index in [9.17, 15) is 4.79 Å². The molecule has 0 aliphatic carbocycles. The highest BCUT2D eigenvalue weighted by molar-refractivity contribution is 14.1. The van der Waals surface area contributed by atoms with Gasteiger partial charge in [-0.05, 0) is 11.6 Å². The molecule has 0 aromatic heterocycles. The van der Waals surface area contributed by atoms with Gasteiger partial charge >= 0.3 is 5.97 Å². The van der Waals surface area contributed by atoms with Gasteiger partial charge < -0.3 is 4.74 Å². The van der Waals surface area contributed by atoms with E-state index in [-0.39, 0.29) is 16.0 Å². The topological polar surface area (TPSA) is 26.3 Å². The third-order valence-corrected chi connectivity index (χ3v) is 4.48. The van der Waals surface area contributed by atoms with Crippen molar-refractivity contribution in [1.29, 1.82) is 0 Å². The van der Waals surface area contributed by atoms with Crippen molar-refractivity contribution in [2.45, 2.75) is 10.0 Å². The second kappa shape index (κ2) is 4.72. The molecule has 2 nitrogen and oxygen atoms in total. The lowest BCUT2D eigenvalue weighted by Gasteiger charge is -2.17. The number of cyclic esters (lactones) is 1. The Kier molecular flexibility index (Phi) is 3.07. The Morgan fingerprint density at radius 1 is 1.00 bits per heavy atom. The van der Waals surface area contributed by atoms with Crippen molar-refractivity contribution >= 4 is 28.6 Å². The largest absolute Gasteiger partial charge is 0.452 e. The lowest BCUT2D eigenvalue weighted by Crippen LogP contribution is -2.05. The minimum Gasteiger partial charge on any atom is -0.452 e. The Balaban J connectivity index is 1.98. The molecule has 2 atom stereocenters. The molecule has 3 rings (SSSR count). The van der Waals surface area contributed by atoms with Crippen LogP contribution in [0.5, 0.6) is 0 Å². The first-order valence-electron chi connectivity index (χ1n) is 5.76. The second-order valence-electron chi connectivity index (χ2n) is 4.23. The van der Waals surface area contributed by atoms with Gasteiger partial charge in [0, 0.05) is 5.56 Å². The van der Waals surface area contributed by atoms with Crippen molar-refractivity contribution in [3.05, 3.63) is 71.3 Å². The maximum atomic E-state index is 11.8. The van der Waals surface area contributed by atoms with Crippen LogP contribution in [-0.4, -0.2) is 5.97 Å². The standard InChI is InChI=1S/C15H11IO2/c16-13(10-6-2-1-3-7-10)14-11-8-4-5-9-12(11)15(17)18-14/h1-9,13-14H. The minimum atomic E-state index is -0.215. The summed E-state index contributed by atoms with van der Waals surface area (Å²) in [4.78, 5) is 11.8. The zero-order chi connectivity index (χ0) is 12.5. The summed E-state index contributed by atoms with van der Waals surface area (Å²) < 4.78 is 5.64. The fourth-order valence-corrected chi connectivity index (χ4v) is 3.15. The molecule has 2 aromatic rings. The van der Waals surface area contributed by atoms with Crippen LogP contribution in [0.3, 0.4) is 0 Å². The predicted octanol–water partition coefficient (Wildman–Crippen LogP) is 4.07. The number of hydrogen-bond acceptors (Lipinski definition) is 2. The summed E-state index contributed by atoms with van der Waals surface area (Å²) in [5, 5.41) is 0. The van der Waals surface area contributed by atoms with Gasteiger partial charge in [-0.25, -0.2) is 4.79 Å². The number of benzene rings is 2. The number of carbonyl (C=O) groups is 1. The maximum absolute atomic E-state index is 11.8. The quantitative estimate of drug-likeness (QED) is 0.464. The first-order chi connectivity index (χ1) is 8.77. The summed E-state index contributed by atoms with van der Waals surface area (Å²) in [6, 6.07) is 17.7. The van der Waals surface area contributed by atoms with Gasteiger partial charge in [-0.2, -0.15) is 0 Å². The molecule has 0 radical (unpaired) electrons. The summed E-state index contributed by atoms with van der Waals surface area (Å²) in [5.74, 6) is -0.215. The minimum absolute atomic E-state index is 0.136. The van der Waals surface area contributed by atoms with Crippen LogP contribution in [0.1, 0.15) is 31.5 Å². The summed E-state index contributed by atoms with van der Waals surface area (Å²) >= 11 is 2.34. The van der Waals surface area contributed by atoms with E-state index in [1.54, 1.807) is 0 Å². The molecule has 2 unspecified atom stereocenters. The molecule has 0 amide bonds. The first-order valence-corrected chi connectivity index (χ1v) is 7.01. The van der Waals surface area contributed by atoms with E-state index in [0.717, 1.165) is 5.56 Å². The number of alkyl halides is 1. The fraction of sp³-hybridized carbons (Fsp3) is 0.133. The molecule has 0 N–H and O–H groups in total. The summed E-state index contributed by atoms with van der Waals surface area (Å²) in [7, 11) is 0. The molecule has 0 saturated heterocycles. The fourth-order valence-electron chi connectivity index (χ4n) is 2.20. The number of rotatable bonds is 2. The number of ether oxygens (including phenoxy) is 1. The zero-order valence-corrected chi connectivity index (χ0v) is 11.7. The Bertz CT molecular complexity index is 580. The van der Waals surface area contributed by atoms with Crippen molar-refractivity contribution in [1.82, 2.24) is 0 Å². The number of carbonyl (C=O) groups excluding carboxylic acids is 1. The van der Waals surface area contributed by atoms with E-state index < -0.39 is 0 Å². The highest BCUT2D eigenvalue weighted by Crippen LogP contribution is 2.44. The Morgan fingerprint density at radius 3 is 2.44 bits per heavy atom. The van der Waals surface area contributed by atoms with Gasteiger partial charge in [-0.15, -0.1) is 0 Å². The number of fused-ring (bicyclic) bond motifs is 1. The molecule has 1 heterocycles. The number of halogens is 1. The summed E-state index contributed by atoms with van der Waals surface area (Å²) in [6.07, 6.45) is -0.184. The third-order valence-electron chi connectivity index (χ3n) is 3.11. The van der Waals surface area contributed by atoms with Gasteiger partial charge in [0.1, 0.15) is 6.10 Å². The van der Waals surface area contributed by atoms with E-state index in [4.69, 9.17) is 4.74 Å². The van der Waals surface area contributed by atoms with Gasteiger partial charge in [0.2, 0.25) is 0 Å². The van der Waals surface area contributed by atoms with E-state index >= 15 is 0 Å². The molecular weight excluding hydrogens is 339 g/mol. The molecule has 90 valence electrons. The molecule has 0 bridgehead atoms. The number of esters is 1. The van der Waals surface area contributed by atoms with E-state index in [1.165, 1.54) is 5.56 Å². The van der Waals surface area contributed by atoms with Crippen molar-refractivity contribution < 1.29 is 9.53 Å². The van der Waals surface area contributed by atoms with E-state index in [1.807, 2.05) is 42.5 Å². The Labute approximate surface area is 119 Å². The van der Waals surface area contributed by atoms with E-state index in [0.29, 0.717) is 5.56 Å². The summed E-state index contributed by atoms with van der Waals surface area (Å²) in [5.41, 5.74) is 2.86. The molecule has 1 aliphatic heterocycles. The SMILES string of the molecule is O=C1OC(C(I)c2ccccc2)c2ccccc21. The van der Waals surface area contributed by atoms with Gasteiger partial charge in [0.05, 0.1) is 9.49 Å². The highest BCUT2D eigenvalue weighted by Gasteiger charge is 2.35. The van der Waals surface area contributed by atoms with Gasteiger partial charge in [-0.1, -0.05) is 71.1 Å². The maximum Gasteiger partial charge on any atom is 0.339 e. The number of hydrogen-bond donors (Lipinski definition) is 0. The summed E-state index contributed by atoms with van der Waals surface area (Å²) in [6.45, 7) is 0. The van der Waals surface area contributed by atoms with Crippen molar-refractivity contribution in [3.63, 3.8) is 0 Å². The second-order valence-corrected chi connectivity index (χ2v) is 5.57. The molecular formula is C15H11IO2. The van der Waals surface area contributed by atoms with Crippen LogP contribution in [0, 0.1) is 0 Å². The average Bonchev–Trinajstić information content (AvgIpc) is 2.77. The molecule has 18 heavy (non-hydrogen) atoms. The molecule has 3 heteroatoms. The van der Waals surface area contributed by atoms with Crippen LogP contribution in [-0.2, 0) is 4.74 Å².